The van der Waals surface area contributed by atoms with Crippen LogP contribution in [0.3, 0.4) is 0 Å². The standard InChI is InChI=1S/C17H18ClNO2S2/c18-15-7-4-8-16(13-15)23(20,21)19-10-9-17(22-12-11-19)14-5-2-1-3-6-14/h1-8,13,17H,9-12H2. The van der Waals surface area contributed by atoms with Crippen molar-refractivity contribution in [2.75, 3.05) is 18.8 Å². The predicted octanol–water partition coefficient (Wildman–Crippen LogP) is 4.21. The van der Waals surface area contributed by atoms with Gasteiger partial charge in [-0.1, -0.05) is 48.0 Å². The van der Waals surface area contributed by atoms with Gasteiger partial charge < -0.3 is 0 Å². The van der Waals surface area contributed by atoms with Crippen LogP contribution in [0.2, 0.25) is 5.02 Å². The highest BCUT2D eigenvalue weighted by Gasteiger charge is 2.28. The summed E-state index contributed by atoms with van der Waals surface area (Å²) in [7, 11) is -3.48. The van der Waals surface area contributed by atoms with Crippen molar-refractivity contribution in [3.05, 3.63) is 65.2 Å². The fourth-order valence-corrected chi connectivity index (χ4v) is 5.81. The molecule has 0 radical (unpaired) electrons. The Labute approximate surface area is 146 Å². The summed E-state index contributed by atoms with van der Waals surface area (Å²) in [6, 6.07) is 16.8. The molecule has 1 unspecified atom stereocenters. The topological polar surface area (TPSA) is 37.4 Å². The second-order valence-electron chi connectivity index (χ2n) is 5.42. The minimum atomic E-state index is -3.48. The first-order valence-corrected chi connectivity index (χ1v) is 10.4. The van der Waals surface area contributed by atoms with Crippen molar-refractivity contribution in [3.63, 3.8) is 0 Å². The minimum Gasteiger partial charge on any atom is -0.207 e. The van der Waals surface area contributed by atoms with Crippen LogP contribution in [0.1, 0.15) is 17.2 Å². The van der Waals surface area contributed by atoms with Crippen molar-refractivity contribution >= 4 is 33.4 Å². The summed E-state index contributed by atoms with van der Waals surface area (Å²) in [5, 5.41) is 0.785. The Bertz CT molecular complexity index is 765. The van der Waals surface area contributed by atoms with Gasteiger partial charge in [0.05, 0.1) is 4.90 Å². The van der Waals surface area contributed by atoms with Crippen molar-refractivity contribution in [1.29, 1.82) is 0 Å². The van der Waals surface area contributed by atoms with Crippen molar-refractivity contribution in [3.8, 4) is 0 Å². The molecule has 3 rings (SSSR count). The first-order valence-electron chi connectivity index (χ1n) is 7.49. The first kappa shape index (κ1) is 16.8. The van der Waals surface area contributed by atoms with Gasteiger partial charge in [0, 0.05) is 29.1 Å². The third-order valence-electron chi connectivity index (χ3n) is 3.91. The van der Waals surface area contributed by atoms with Crippen LogP contribution >= 0.6 is 23.4 Å². The number of rotatable bonds is 3. The Morgan fingerprint density at radius 1 is 1.04 bits per heavy atom. The van der Waals surface area contributed by atoms with Crippen LogP contribution in [0.25, 0.3) is 0 Å². The molecule has 6 heteroatoms. The molecule has 0 aromatic heterocycles. The van der Waals surface area contributed by atoms with E-state index in [0.717, 1.165) is 12.2 Å². The van der Waals surface area contributed by atoms with Gasteiger partial charge in [-0.25, -0.2) is 8.42 Å². The van der Waals surface area contributed by atoms with Gasteiger partial charge in [-0.15, -0.1) is 0 Å². The van der Waals surface area contributed by atoms with Gasteiger partial charge >= 0.3 is 0 Å². The molecule has 122 valence electrons. The fraction of sp³-hybridized carbons (Fsp3) is 0.294. The van der Waals surface area contributed by atoms with E-state index in [9.17, 15) is 8.42 Å². The zero-order chi connectivity index (χ0) is 16.3. The van der Waals surface area contributed by atoms with Crippen molar-refractivity contribution in [2.45, 2.75) is 16.6 Å². The average molecular weight is 368 g/mol. The van der Waals surface area contributed by atoms with Gasteiger partial charge in [-0.3, -0.25) is 0 Å². The van der Waals surface area contributed by atoms with Gasteiger partial charge in [0.2, 0.25) is 10.0 Å². The third-order valence-corrected chi connectivity index (χ3v) is 7.36. The van der Waals surface area contributed by atoms with Gasteiger partial charge in [-0.05, 0) is 30.2 Å². The molecule has 3 nitrogen and oxygen atoms in total. The highest BCUT2D eigenvalue weighted by Crippen LogP contribution is 2.35. The SMILES string of the molecule is O=S(=O)(c1cccc(Cl)c1)N1CCSC(c2ccccc2)CC1. The summed E-state index contributed by atoms with van der Waals surface area (Å²) in [5.74, 6) is 0.791. The lowest BCUT2D eigenvalue weighted by Gasteiger charge is -2.20. The van der Waals surface area contributed by atoms with E-state index in [2.05, 4.69) is 12.1 Å². The van der Waals surface area contributed by atoms with E-state index in [1.165, 1.54) is 11.6 Å². The maximum absolute atomic E-state index is 12.8. The molecule has 0 saturated carbocycles. The third kappa shape index (κ3) is 3.91. The second kappa shape index (κ2) is 7.26. The molecule has 2 aromatic rings. The predicted molar refractivity (Wildman–Crippen MR) is 96.5 cm³/mol. The molecule has 0 bridgehead atoms. The molecule has 1 heterocycles. The van der Waals surface area contributed by atoms with E-state index in [-0.39, 0.29) is 4.90 Å². The van der Waals surface area contributed by atoms with Crippen molar-refractivity contribution < 1.29 is 8.42 Å². The molecule has 1 fully saturated rings. The average Bonchev–Trinajstić information content (AvgIpc) is 2.82. The summed E-state index contributed by atoms with van der Waals surface area (Å²) in [6.45, 7) is 1.06. The molecule has 1 aliphatic rings. The molecule has 1 saturated heterocycles. The maximum Gasteiger partial charge on any atom is 0.243 e. The van der Waals surface area contributed by atoms with E-state index < -0.39 is 10.0 Å². The Kier molecular flexibility index (Phi) is 5.31. The Morgan fingerprint density at radius 2 is 1.83 bits per heavy atom. The summed E-state index contributed by atoms with van der Waals surface area (Å²) in [6.07, 6.45) is 0.814. The van der Waals surface area contributed by atoms with E-state index in [4.69, 9.17) is 11.6 Å². The van der Waals surface area contributed by atoms with Crippen LogP contribution in [0.15, 0.2) is 59.5 Å². The quantitative estimate of drug-likeness (QED) is 0.815. The van der Waals surface area contributed by atoms with Crippen LogP contribution in [0.4, 0.5) is 0 Å². The van der Waals surface area contributed by atoms with Crippen molar-refractivity contribution in [1.82, 2.24) is 4.31 Å². The van der Waals surface area contributed by atoms with Crippen molar-refractivity contribution in [2.24, 2.45) is 0 Å². The number of halogens is 1. The highest BCUT2D eigenvalue weighted by molar-refractivity contribution is 7.99. The summed E-state index contributed by atoms with van der Waals surface area (Å²) in [5.41, 5.74) is 1.26. The smallest absolute Gasteiger partial charge is 0.207 e. The van der Waals surface area contributed by atoms with Crippen LogP contribution in [0, 0.1) is 0 Å². The number of hydrogen-bond donors (Lipinski definition) is 0. The molecule has 1 atom stereocenters. The van der Waals surface area contributed by atoms with Gasteiger partial charge in [0.15, 0.2) is 0 Å². The van der Waals surface area contributed by atoms with Crippen LogP contribution in [0.5, 0.6) is 0 Å². The minimum absolute atomic E-state index is 0.271. The zero-order valence-electron chi connectivity index (χ0n) is 12.6. The summed E-state index contributed by atoms with van der Waals surface area (Å²) in [4.78, 5) is 0.271. The van der Waals surface area contributed by atoms with Crippen LogP contribution < -0.4 is 0 Å². The van der Waals surface area contributed by atoms with E-state index in [0.29, 0.717) is 23.4 Å². The Hall–Kier alpha value is -1.01. The zero-order valence-corrected chi connectivity index (χ0v) is 14.9. The first-order chi connectivity index (χ1) is 11.1. The normalized spacial score (nSPS) is 20.1. The molecule has 23 heavy (non-hydrogen) atoms. The lowest BCUT2D eigenvalue weighted by Crippen LogP contribution is -2.33. The molecular weight excluding hydrogens is 350 g/mol. The molecule has 0 N–H and O–H groups in total. The largest absolute Gasteiger partial charge is 0.243 e. The number of sulfonamides is 1. The van der Waals surface area contributed by atoms with Gasteiger partial charge in [0.25, 0.3) is 0 Å². The highest BCUT2D eigenvalue weighted by atomic mass is 35.5. The fourth-order valence-electron chi connectivity index (χ4n) is 2.70. The molecule has 2 aromatic carbocycles. The number of nitrogens with zero attached hydrogens (tertiary/aromatic N) is 1. The number of thioether (sulfide) groups is 1. The molecule has 1 aliphatic heterocycles. The molecule has 0 aliphatic carbocycles. The Morgan fingerprint density at radius 3 is 2.57 bits per heavy atom. The maximum atomic E-state index is 12.8. The Balaban J connectivity index is 1.77. The van der Waals surface area contributed by atoms with E-state index in [1.54, 1.807) is 22.5 Å². The van der Waals surface area contributed by atoms with Gasteiger partial charge in [0.1, 0.15) is 0 Å². The number of benzene rings is 2. The van der Waals surface area contributed by atoms with Gasteiger partial charge in [-0.2, -0.15) is 16.1 Å². The van der Waals surface area contributed by atoms with Crippen LogP contribution in [-0.2, 0) is 10.0 Å². The molecule has 0 amide bonds. The monoisotopic (exact) mass is 367 g/mol. The lowest BCUT2D eigenvalue weighted by atomic mass is 10.1. The second-order valence-corrected chi connectivity index (χ2v) is 9.11. The summed E-state index contributed by atoms with van der Waals surface area (Å²) >= 11 is 7.76. The molecule has 0 spiro atoms. The summed E-state index contributed by atoms with van der Waals surface area (Å²) < 4.78 is 27.2. The van der Waals surface area contributed by atoms with E-state index in [1.807, 2.05) is 30.0 Å². The number of hydrogen-bond acceptors (Lipinski definition) is 3. The molecular formula is C17H18ClNO2S2. The van der Waals surface area contributed by atoms with Crippen LogP contribution in [-0.4, -0.2) is 31.6 Å². The lowest BCUT2D eigenvalue weighted by molar-refractivity contribution is 0.428. The van der Waals surface area contributed by atoms with E-state index >= 15 is 0 Å².